The molecule has 3 atom stereocenters. The van der Waals surface area contributed by atoms with Crippen molar-refractivity contribution in [2.45, 2.75) is 135 Å². The Morgan fingerprint density at radius 3 is 1.31 bits per heavy atom. The number of nitrogens with two attached hydrogens (primary N) is 3. The monoisotopic (exact) mass is 1690 g/mol. The number of H-pyrrole nitrogens is 1. The van der Waals surface area contributed by atoms with Gasteiger partial charge in [-0.1, -0.05) is 145 Å². The van der Waals surface area contributed by atoms with Gasteiger partial charge in [0.2, 0.25) is 35.6 Å². The van der Waals surface area contributed by atoms with E-state index in [0.717, 1.165) is 85.2 Å². The average Bonchev–Trinajstić information content (AvgIpc) is 1.62. The van der Waals surface area contributed by atoms with Gasteiger partial charge in [0.15, 0.2) is 23.3 Å². The van der Waals surface area contributed by atoms with Gasteiger partial charge in [0.1, 0.15) is 13.1 Å². The van der Waals surface area contributed by atoms with E-state index in [-0.39, 0.29) is 60.0 Å². The number of nitrogens with zero attached hydrogens (tertiary/aromatic N) is 23. The van der Waals surface area contributed by atoms with Crippen molar-refractivity contribution in [3.05, 3.63) is 229 Å². The lowest BCUT2D eigenvalue weighted by atomic mass is 9.72. The first-order chi connectivity index (χ1) is 59.9. The molecule has 10 N–H and O–H groups in total. The topological polar surface area (TPSA) is 486 Å². The fraction of sp³-hybridized carbons (Fsp3) is 0.337. The molecule has 0 radical (unpaired) electrons. The van der Waals surface area contributed by atoms with Crippen LogP contribution in [0.3, 0.4) is 0 Å². The van der Waals surface area contributed by atoms with E-state index >= 15 is 0 Å². The molecule has 0 unspecified atom stereocenters. The molecule has 1 aliphatic carbocycles. The van der Waals surface area contributed by atoms with E-state index in [1.807, 2.05) is 69.6 Å². The summed E-state index contributed by atoms with van der Waals surface area (Å²) in [5, 5.41) is 48.0. The third-order valence-corrected chi connectivity index (χ3v) is 23.6. The Hall–Kier alpha value is -14.7. The number of hydrogen-bond acceptors (Lipinski definition) is 31. The molecular formula is C89H101N29O7. The van der Waals surface area contributed by atoms with Crippen LogP contribution < -0.4 is 32.7 Å². The maximum Gasteiger partial charge on any atom is 0.324 e. The normalized spacial score (nSPS) is 14.6. The SMILES string of the molecule is CC(C)[C@@](C)(c1ccc(-c2cnc(N)nc2)cc1)c1noc(-c2cn[nH]c2)n1.CC(C)[C@](C)(c1ccc(-c2cnc(N)nc2)cc1)c1noc(N2CCC(C)(O)CC2)n1.CNC(=O)Cn1cc(-c2nc(C(C)(C)c3ccc(-c4cnc(N)nc4)cc3)no2)cn1.CNc1ncc(-c2ccc([C@](C)(c3noc(-c4cnn(CC(=O)N(C)C)c4)n3)C3CC3)cc2)cn1. The molecule has 4 aromatic carbocycles. The van der Waals surface area contributed by atoms with E-state index in [2.05, 4.69) is 216 Å². The highest BCUT2D eigenvalue weighted by Crippen LogP contribution is 2.51. The van der Waals surface area contributed by atoms with Crippen molar-refractivity contribution in [3.8, 4) is 78.9 Å². The Kier molecular flexibility index (Phi) is 25.3. The third kappa shape index (κ3) is 19.3. The number of anilines is 5. The fourth-order valence-electron chi connectivity index (χ4n) is 14.4. The predicted octanol–water partition coefficient (Wildman–Crippen LogP) is 12.2. The molecular weight excluding hydrogens is 1590 g/mol. The van der Waals surface area contributed by atoms with Crippen LogP contribution in [0.1, 0.15) is 140 Å². The molecule has 125 heavy (non-hydrogen) atoms. The molecule has 1 saturated carbocycles. The summed E-state index contributed by atoms with van der Waals surface area (Å²) in [6.45, 7) is 22.7. The highest BCUT2D eigenvalue weighted by molar-refractivity contribution is 5.76. The van der Waals surface area contributed by atoms with Crippen LogP contribution in [0.4, 0.5) is 29.8 Å². The molecule has 36 heteroatoms. The van der Waals surface area contributed by atoms with Crippen molar-refractivity contribution in [1.29, 1.82) is 0 Å². The van der Waals surface area contributed by atoms with Crippen molar-refractivity contribution in [3.63, 3.8) is 0 Å². The number of aliphatic hydroxyl groups is 1. The van der Waals surface area contributed by atoms with Crippen molar-refractivity contribution in [2.24, 2.45) is 17.8 Å². The number of carbonyl (C=O) groups is 2. The standard InChI is InChI=1S/C25H28N8O2.C23H30N6O2.C21H22N8O2.C20H21N7O/c1-25(20-9-10-20,19-7-5-16(6-8-19)17-11-27-24(26-2)28-12-17)23-30-22(35-31-23)18-13-29-33(14-18)15-21(34)32(3)4;1-15(2)23(4,18-7-5-16(6-8-18)17-13-25-20(24)26-14-17)19-27-21(31-28-19)29-11-9-22(3,30)10-12-29;1-21(2,16-6-4-13(5-7-16)14-8-24-20(22)25-9-14)19-27-18(31-28-19)15-10-26-29(11-15)12-17(30)23-3;1-12(2)20(3,18-26-17(28-27-18)15-10-24-25-11-15)16-6-4-13(5-7-16)14-8-22-19(21)23-9-14/h5-8,11-14,20H,9-10,15H2,1-4H3,(H,26,27,28);5-8,13-15,30H,9-12H2,1-4H3,(H2,24,25,26);4-11H,12H2,1-3H3,(H,23,30)(H2,22,24,25);4-12H,1-3H3,(H,24,25)(H2,21,22,23)/t25-;23-;;20-/m01.0/s1. The lowest BCUT2D eigenvalue weighted by Crippen LogP contribution is -2.42. The van der Waals surface area contributed by atoms with Crippen molar-refractivity contribution in [1.82, 2.24) is 120 Å². The van der Waals surface area contributed by atoms with Gasteiger partial charge in [-0.2, -0.15) is 35.2 Å². The fourth-order valence-corrected chi connectivity index (χ4v) is 14.4. The van der Waals surface area contributed by atoms with Gasteiger partial charge in [0.05, 0.1) is 62.5 Å². The van der Waals surface area contributed by atoms with Gasteiger partial charge in [0.25, 0.3) is 17.7 Å². The minimum atomic E-state index is -0.622. The van der Waals surface area contributed by atoms with Crippen LogP contribution in [-0.4, -0.2) is 179 Å². The van der Waals surface area contributed by atoms with Crippen LogP contribution in [-0.2, 0) is 44.3 Å². The van der Waals surface area contributed by atoms with Gasteiger partial charge in [-0.25, -0.2) is 39.9 Å². The van der Waals surface area contributed by atoms with E-state index in [1.165, 1.54) is 9.58 Å². The van der Waals surface area contributed by atoms with Crippen molar-refractivity contribution >= 4 is 41.6 Å². The maximum atomic E-state index is 12.0. The van der Waals surface area contributed by atoms with E-state index in [0.29, 0.717) is 95.9 Å². The van der Waals surface area contributed by atoms with Gasteiger partial charge >= 0.3 is 6.01 Å². The largest absolute Gasteiger partial charge is 0.390 e. The molecule has 15 aromatic rings. The Morgan fingerprint density at radius 2 is 0.888 bits per heavy atom. The molecule has 12 heterocycles. The predicted molar refractivity (Wildman–Crippen MR) is 469 cm³/mol. The minimum Gasteiger partial charge on any atom is -0.390 e. The Labute approximate surface area is 721 Å². The lowest BCUT2D eigenvalue weighted by molar-refractivity contribution is -0.129. The average molecular weight is 1690 g/mol. The second-order valence-corrected chi connectivity index (χ2v) is 33.1. The maximum absolute atomic E-state index is 12.0. The molecule has 2 aliphatic rings. The number of likely N-dealkylation sites (N-methyl/N-ethyl adjacent to an activating group) is 2. The van der Waals surface area contributed by atoms with Crippen LogP contribution in [0.25, 0.3) is 78.9 Å². The van der Waals surface area contributed by atoms with Crippen LogP contribution in [0.15, 0.2) is 202 Å². The minimum absolute atomic E-state index is 0.0415. The molecule has 0 spiro atoms. The number of piperidine rings is 1. The number of nitrogen functional groups attached to an aromatic ring is 3. The second kappa shape index (κ2) is 36.5. The number of aromatic nitrogens is 22. The Morgan fingerprint density at radius 1 is 0.496 bits per heavy atom. The number of nitrogens with one attached hydrogen (secondary N) is 3. The summed E-state index contributed by atoms with van der Waals surface area (Å²) in [5.41, 5.74) is 28.6. The lowest BCUT2D eigenvalue weighted by Gasteiger charge is -2.34. The molecule has 2 amide bonds. The van der Waals surface area contributed by atoms with Gasteiger partial charge in [-0.15, -0.1) is 0 Å². The molecule has 2 fully saturated rings. The number of hydrogen-bond donors (Lipinski definition) is 7. The molecule has 1 aliphatic heterocycles. The molecule has 1 saturated heterocycles. The van der Waals surface area contributed by atoms with Crippen molar-refractivity contribution in [2.75, 3.05) is 68.7 Å². The highest BCUT2D eigenvalue weighted by Gasteiger charge is 2.48. The molecule has 644 valence electrons. The van der Waals surface area contributed by atoms with E-state index in [4.69, 9.17) is 45.3 Å². The summed E-state index contributed by atoms with van der Waals surface area (Å²) < 4.78 is 25.3. The Bertz CT molecular complexity index is 6070. The zero-order valence-electron chi connectivity index (χ0n) is 72.1. The number of carbonyl (C=O) groups excluding carboxylic acids is 2. The number of benzene rings is 4. The number of rotatable bonds is 24. The summed E-state index contributed by atoms with van der Waals surface area (Å²) in [6, 6.07) is 33.5. The second-order valence-electron chi connectivity index (χ2n) is 33.1. The van der Waals surface area contributed by atoms with Crippen LogP contribution in [0, 0.1) is 17.8 Å². The zero-order chi connectivity index (χ0) is 88.5. The third-order valence-electron chi connectivity index (χ3n) is 23.6. The molecule has 36 nitrogen and oxygen atoms in total. The van der Waals surface area contributed by atoms with E-state index in [9.17, 15) is 14.7 Å². The van der Waals surface area contributed by atoms with Gasteiger partial charge in [0, 0.05) is 132 Å². The van der Waals surface area contributed by atoms with Crippen LogP contribution in [0.5, 0.6) is 0 Å². The first-order valence-corrected chi connectivity index (χ1v) is 40.9. The van der Waals surface area contributed by atoms with Gasteiger partial charge in [-0.05, 0) is 129 Å². The summed E-state index contributed by atoms with van der Waals surface area (Å²) in [5.74, 6) is 5.81. The summed E-state index contributed by atoms with van der Waals surface area (Å²) in [6.07, 6.45) is 27.6. The first-order valence-electron chi connectivity index (χ1n) is 40.9. The van der Waals surface area contributed by atoms with Crippen molar-refractivity contribution < 1.29 is 32.8 Å². The molecule has 11 aromatic heterocycles. The number of amides is 2. The quantitative estimate of drug-likeness (QED) is 0.0295. The van der Waals surface area contributed by atoms with Gasteiger partial charge in [-0.3, -0.25) is 24.1 Å². The Balaban J connectivity index is 0.000000136. The van der Waals surface area contributed by atoms with Crippen LogP contribution >= 0.6 is 0 Å². The summed E-state index contributed by atoms with van der Waals surface area (Å²) >= 11 is 0. The zero-order valence-corrected chi connectivity index (χ0v) is 72.1. The highest BCUT2D eigenvalue weighted by atomic mass is 16.5. The molecule has 17 rings (SSSR count). The summed E-state index contributed by atoms with van der Waals surface area (Å²) in [7, 11) is 6.81. The van der Waals surface area contributed by atoms with Crippen LogP contribution in [0.2, 0.25) is 0 Å². The van der Waals surface area contributed by atoms with E-state index < -0.39 is 21.8 Å². The molecule has 0 bridgehead atoms. The number of aromatic amines is 1. The smallest absolute Gasteiger partial charge is 0.324 e. The van der Waals surface area contributed by atoms with Gasteiger partial charge < -0.3 is 60.8 Å². The summed E-state index contributed by atoms with van der Waals surface area (Å²) in [4.78, 5) is 78.8. The van der Waals surface area contributed by atoms with E-state index in [1.54, 1.807) is 107 Å². The first kappa shape index (κ1) is 86.7.